The molecule has 0 radical (unpaired) electrons. The van der Waals surface area contributed by atoms with E-state index in [2.05, 4.69) is 5.32 Å². The Kier molecular flexibility index (Phi) is 8.32. The van der Waals surface area contributed by atoms with E-state index in [1.165, 1.54) is 6.42 Å². The quantitative estimate of drug-likeness (QED) is 0.815. The number of likely N-dealkylation sites (tertiary alicyclic amines) is 2. The molecule has 156 valence electrons. The number of halogens is 1. The van der Waals surface area contributed by atoms with Gasteiger partial charge in [0.15, 0.2) is 0 Å². The molecule has 0 spiro atoms. The van der Waals surface area contributed by atoms with Crippen LogP contribution < -0.4 is 5.32 Å². The van der Waals surface area contributed by atoms with Gasteiger partial charge < -0.3 is 15.1 Å². The summed E-state index contributed by atoms with van der Waals surface area (Å²) < 4.78 is 0. The van der Waals surface area contributed by atoms with Gasteiger partial charge >= 0.3 is 0 Å². The van der Waals surface area contributed by atoms with E-state index in [1.54, 1.807) is 0 Å². The van der Waals surface area contributed by atoms with Gasteiger partial charge in [-0.25, -0.2) is 0 Å². The molecule has 0 aromatic heterocycles. The van der Waals surface area contributed by atoms with Gasteiger partial charge in [-0.15, -0.1) is 12.4 Å². The number of carbonyl (C=O) groups is 2. The number of nitrogens with zero attached hydrogens (tertiary/aromatic N) is 2. The standard InChI is InChI=1S/C22H33N3O2.ClH/c1-22(21(27)24-15-10-18(11-16-24)9-13-23-2)12-6-14-25(17-22)20(26)19-7-4-3-5-8-19;/h3-5,7-8,18,23H,6,9-17H2,1-2H3;1H. The molecule has 0 bridgehead atoms. The Morgan fingerprint density at radius 1 is 1.11 bits per heavy atom. The SMILES string of the molecule is CNCCC1CCN(C(=O)C2(C)CCCN(C(=O)c3ccccc3)C2)CC1.Cl. The van der Waals surface area contributed by atoms with Crippen molar-refractivity contribution in [2.24, 2.45) is 11.3 Å². The van der Waals surface area contributed by atoms with E-state index >= 15 is 0 Å². The highest BCUT2D eigenvalue weighted by molar-refractivity contribution is 5.95. The molecule has 2 amide bonds. The number of benzene rings is 1. The molecular weight excluding hydrogens is 374 g/mol. The second-order valence-electron chi connectivity index (χ2n) is 8.38. The topological polar surface area (TPSA) is 52.7 Å². The molecule has 2 saturated heterocycles. The summed E-state index contributed by atoms with van der Waals surface area (Å²) in [6, 6.07) is 9.40. The maximum Gasteiger partial charge on any atom is 0.253 e. The number of rotatable bonds is 5. The lowest BCUT2D eigenvalue weighted by molar-refractivity contribution is -0.145. The van der Waals surface area contributed by atoms with Crippen molar-refractivity contribution < 1.29 is 9.59 Å². The van der Waals surface area contributed by atoms with E-state index in [1.807, 2.05) is 54.1 Å². The summed E-state index contributed by atoms with van der Waals surface area (Å²) in [4.78, 5) is 30.0. The fourth-order valence-electron chi connectivity index (χ4n) is 4.51. The average Bonchev–Trinajstić information content (AvgIpc) is 2.72. The Labute approximate surface area is 175 Å². The third-order valence-electron chi connectivity index (χ3n) is 6.23. The summed E-state index contributed by atoms with van der Waals surface area (Å²) in [5.74, 6) is 0.997. The molecule has 3 rings (SSSR count). The van der Waals surface area contributed by atoms with Crippen molar-refractivity contribution in [1.29, 1.82) is 0 Å². The lowest BCUT2D eigenvalue weighted by atomic mass is 9.79. The van der Waals surface area contributed by atoms with Crippen molar-refractivity contribution in [1.82, 2.24) is 15.1 Å². The molecule has 1 aromatic rings. The minimum absolute atomic E-state index is 0. The molecule has 6 heteroatoms. The van der Waals surface area contributed by atoms with Crippen molar-refractivity contribution in [3.05, 3.63) is 35.9 Å². The second-order valence-corrected chi connectivity index (χ2v) is 8.38. The van der Waals surface area contributed by atoms with Crippen LogP contribution in [-0.2, 0) is 4.79 Å². The summed E-state index contributed by atoms with van der Waals surface area (Å²) in [6.07, 6.45) is 5.13. The van der Waals surface area contributed by atoms with Gasteiger partial charge in [-0.1, -0.05) is 18.2 Å². The monoisotopic (exact) mass is 407 g/mol. The van der Waals surface area contributed by atoms with E-state index in [-0.39, 0.29) is 24.2 Å². The first-order valence-electron chi connectivity index (χ1n) is 10.3. The summed E-state index contributed by atoms with van der Waals surface area (Å²) in [5.41, 5.74) is 0.250. The predicted octanol–water partition coefficient (Wildman–Crippen LogP) is 3.20. The predicted molar refractivity (Wildman–Crippen MR) is 115 cm³/mol. The summed E-state index contributed by atoms with van der Waals surface area (Å²) in [7, 11) is 1.99. The van der Waals surface area contributed by atoms with Crippen LogP contribution >= 0.6 is 12.4 Å². The fraction of sp³-hybridized carbons (Fsp3) is 0.636. The zero-order valence-electron chi connectivity index (χ0n) is 17.2. The lowest BCUT2D eigenvalue weighted by Crippen LogP contribution is -2.54. The Morgan fingerprint density at radius 2 is 1.79 bits per heavy atom. The number of hydrogen-bond acceptors (Lipinski definition) is 3. The zero-order chi connectivity index (χ0) is 19.3. The Balaban J connectivity index is 0.00000280. The van der Waals surface area contributed by atoms with Crippen molar-refractivity contribution in [2.45, 2.75) is 39.0 Å². The fourth-order valence-corrected chi connectivity index (χ4v) is 4.51. The van der Waals surface area contributed by atoms with Gasteiger partial charge in [0.2, 0.25) is 5.91 Å². The molecule has 2 aliphatic heterocycles. The Bertz CT molecular complexity index is 646. The number of nitrogens with one attached hydrogen (secondary N) is 1. The minimum atomic E-state index is -0.458. The first-order chi connectivity index (χ1) is 13.0. The van der Waals surface area contributed by atoms with Crippen LogP contribution in [0.2, 0.25) is 0 Å². The largest absolute Gasteiger partial charge is 0.342 e. The van der Waals surface area contributed by atoms with E-state index in [0.29, 0.717) is 12.1 Å². The van der Waals surface area contributed by atoms with Gasteiger partial charge in [0.1, 0.15) is 0 Å². The Morgan fingerprint density at radius 3 is 2.43 bits per heavy atom. The molecule has 1 atom stereocenters. The average molecular weight is 408 g/mol. The van der Waals surface area contributed by atoms with Crippen LogP contribution in [0.15, 0.2) is 30.3 Å². The van der Waals surface area contributed by atoms with Crippen LogP contribution in [0.1, 0.15) is 49.4 Å². The van der Waals surface area contributed by atoms with Crippen LogP contribution in [0, 0.1) is 11.3 Å². The molecule has 5 nitrogen and oxygen atoms in total. The molecule has 2 heterocycles. The van der Waals surface area contributed by atoms with Gasteiger partial charge in [0, 0.05) is 31.7 Å². The first kappa shape index (κ1) is 22.7. The van der Waals surface area contributed by atoms with Gasteiger partial charge in [0.25, 0.3) is 5.91 Å². The first-order valence-corrected chi connectivity index (χ1v) is 10.3. The van der Waals surface area contributed by atoms with Crippen molar-refractivity contribution in [2.75, 3.05) is 39.8 Å². The van der Waals surface area contributed by atoms with E-state index in [9.17, 15) is 9.59 Å². The van der Waals surface area contributed by atoms with Gasteiger partial charge in [-0.2, -0.15) is 0 Å². The van der Waals surface area contributed by atoms with Crippen LogP contribution in [0.5, 0.6) is 0 Å². The maximum absolute atomic E-state index is 13.3. The van der Waals surface area contributed by atoms with Crippen LogP contribution in [0.25, 0.3) is 0 Å². The number of carbonyl (C=O) groups excluding carboxylic acids is 2. The smallest absolute Gasteiger partial charge is 0.253 e. The Hall–Kier alpha value is -1.59. The van der Waals surface area contributed by atoms with Gasteiger partial charge in [-0.3, -0.25) is 9.59 Å². The molecule has 1 aromatic carbocycles. The molecule has 0 aliphatic carbocycles. The second kappa shape index (κ2) is 10.3. The van der Waals surface area contributed by atoms with Crippen LogP contribution in [-0.4, -0.2) is 61.4 Å². The summed E-state index contributed by atoms with van der Waals surface area (Å²) in [6.45, 7) is 6.08. The summed E-state index contributed by atoms with van der Waals surface area (Å²) in [5, 5.41) is 3.22. The third-order valence-corrected chi connectivity index (χ3v) is 6.23. The van der Waals surface area contributed by atoms with Crippen LogP contribution in [0.3, 0.4) is 0 Å². The van der Waals surface area contributed by atoms with E-state index < -0.39 is 5.41 Å². The summed E-state index contributed by atoms with van der Waals surface area (Å²) >= 11 is 0. The molecule has 2 aliphatic rings. The highest BCUT2D eigenvalue weighted by atomic mass is 35.5. The molecule has 0 saturated carbocycles. The van der Waals surface area contributed by atoms with Crippen LogP contribution in [0.4, 0.5) is 0 Å². The molecule has 2 fully saturated rings. The molecular formula is C22H34ClN3O2. The maximum atomic E-state index is 13.3. The van der Waals surface area contributed by atoms with Crippen molar-refractivity contribution >= 4 is 24.2 Å². The highest BCUT2D eigenvalue weighted by Gasteiger charge is 2.42. The van der Waals surface area contributed by atoms with E-state index in [4.69, 9.17) is 0 Å². The van der Waals surface area contributed by atoms with Crippen molar-refractivity contribution in [3.8, 4) is 0 Å². The van der Waals surface area contributed by atoms with Crippen molar-refractivity contribution in [3.63, 3.8) is 0 Å². The zero-order valence-corrected chi connectivity index (χ0v) is 18.0. The number of amides is 2. The van der Waals surface area contributed by atoms with E-state index in [0.717, 1.165) is 57.8 Å². The molecule has 28 heavy (non-hydrogen) atoms. The number of piperidine rings is 2. The normalized spacial score (nSPS) is 23.2. The third kappa shape index (κ3) is 5.26. The molecule has 1 N–H and O–H groups in total. The highest BCUT2D eigenvalue weighted by Crippen LogP contribution is 2.34. The molecule has 1 unspecified atom stereocenters. The lowest BCUT2D eigenvalue weighted by Gasteiger charge is -2.43. The minimum Gasteiger partial charge on any atom is -0.342 e. The van der Waals surface area contributed by atoms with Gasteiger partial charge in [-0.05, 0) is 70.7 Å². The van der Waals surface area contributed by atoms with Gasteiger partial charge in [0.05, 0.1) is 5.41 Å². The number of hydrogen-bond donors (Lipinski definition) is 1.